The molecule has 0 saturated heterocycles. The molecule has 4 rings (SSSR count). The van der Waals surface area contributed by atoms with E-state index in [-0.39, 0.29) is 11.5 Å². The number of ether oxygens (including phenoxy) is 1. The fourth-order valence-electron chi connectivity index (χ4n) is 5.97. The first-order valence-corrected chi connectivity index (χ1v) is 9.44. The zero-order valence-corrected chi connectivity index (χ0v) is 14.9. The molecule has 1 N–H and O–H groups in total. The highest BCUT2D eigenvalue weighted by Crippen LogP contribution is 2.60. The summed E-state index contributed by atoms with van der Waals surface area (Å²) in [6, 6.07) is 0. The third-order valence-corrected chi connectivity index (χ3v) is 7.55. The maximum absolute atomic E-state index is 10.5. The van der Waals surface area contributed by atoms with Gasteiger partial charge in [0.05, 0.1) is 18.2 Å². The molecule has 0 spiro atoms. The van der Waals surface area contributed by atoms with E-state index in [1.165, 1.54) is 24.8 Å². The van der Waals surface area contributed by atoms with Gasteiger partial charge in [-0.2, -0.15) is 0 Å². The Bertz CT molecular complexity index is 603. The second kappa shape index (κ2) is 5.67. The van der Waals surface area contributed by atoms with Crippen molar-refractivity contribution in [1.82, 2.24) is 0 Å². The third kappa shape index (κ3) is 2.33. The van der Waals surface area contributed by atoms with Crippen molar-refractivity contribution >= 4 is 11.6 Å². The largest absolute Gasteiger partial charge is 0.496 e. The molecule has 0 amide bonds. The Morgan fingerprint density at radius 2 is 2.09 bits per heavy atom. The molecule has 0 aliphatic heterocycles. The molecular weight excluding hydrogens is 308 g/mol. The van der Waals surface area contributed by atoms with E-state index < -0.39 is 0 Å². The number of rotatable bonds is 1. The number of halogens is 1. The molecule has 0 aromatic rings. The van der Waals surface area contributed by atoms with Crippen LogP contribution < -0.4 is 0 Å². The minimum absolute atomic E-state index is 0.0905. The summed E-state index contributed by atoms with van der Waals surface area (Å²) in [4.78, 5) is 0. The summed E-state index contributed by atoms with van der Waals surface area (Å²) in [5, 5.41) is 11.2. The predicted molar refractivity (Wildman–Crippen MR) is 93.0 cm³/mol. The first kappa shape index (κ1) is 15.8. The van der Waals surface area contributed by atoms with E-state index in [0.29, 0.717) is 11.8 Å². The summed E-state index contributed by atoms with van der Waals surface area (Å²) in [5.74, 6) is 2.93. The molecule has 126 valence electrons. The average molecular weight is 335 g/mol. The minimum atomic E-state index is -0.0905. The van der Waals surface area contributed by atoms with Crippen molar-refractivity contribution in [2.75, 3.05) is 7.11 Å². The second-order valence-corrected chi connectivity index (χ2v) is 8.48. The standard InChI is InChI=1S/C20H27ClO2/c1-20-10-9-14-13-5-7-18(23-2)17(21)11-12(13)3-4-15(14)16(20)6-8-19(20)22/h7,11,14-16,19,22H,3-6,8-10H2,1-2H3/t14-,15-,16+,19+,20+/m1/s1. The first-order valence-electron chi connectivity index (χ1n) is 9.06. The van der Waals surface area contributed by atoms with Crippen molar-refractivity contribution in [3.8, 4) is 0 Å². The smallest absolute Gasteiger partial charge is 0.133 e. The van der Waals surface area contributed by atoms with Gasteiger partial charge < -0.3 is 9.84 Å². The lowest BCUT2D eigenvalue weighted by Gasteiger charge is -2.50. The van der Waals surface area contributed by atoms with Gasteiger partial charge in [-0.05, 0) is 85.8 Å². The van der Waals surface area contributed by atoms with Crippen LogP contribution in [0.4, 0.5) is 0 Å². The van der Waals surface area contributed by atoms with E-state index in [2.05, 4.69) is 19.1 Å². The van der Waals surface area contributed by atoms with E-state index in [1.807, 2.05) is 0 Å². The van der Waals surface area contributed by atoms with E-state index in [4.69, 9.17) is 16.3 Å². The second-order valence-electron chi connectivity index (χ2n) is 8.07. The normalized spacial score (nSPS) is 43.0. The van der Waals surface area contributed by atoms with Crippen molar-refractivity contribution in [2.45, 2.75) is 58.0 Å². The lowest BCUT2D eigenvalue weighted by Crippen LogP contribution is -2.44. The number of aliphatic hydroxyl groups excluding tert-OH is 1. The molecule has 3 heteroatoms. The van der Waals surface area contributed by atoms with Crippen LogP contribution in [-0.2, 0) is 4.74 Å². The van der Waals surface area contributed by atoms with Crippen LogP contribution in [0.2, 0.25) is 0 Å². The zero-order valence-electron chi connectivity index (χ0n) is 14.1. The highest BCUT2D eigenvalue weighted by molar-refractivity contribution is 6.32. The van der Waals surface area contributed by atoms with Crippen LogP contribution in [0.25, 0.3) is 0 Å². The Labute approximate surface area is 144 Å². The van der Waals surface area contributed by atoms with Gasteiger partial charge in [0.25, 0.3) is 0 Å². The van der Waals surface area contributed by atoms with Crippen molar-refractivity contribution in [3.05, 3.63) is 34.1 Å². The summed E-state index contributed by atoms with van der Waals surface area (Å²) in [5.41, 5.74) is 3.20. The number of methoxy groups -OCH3 is 1. The summed E-state index contributed by atoms with van der Waals surface area (Å²) in [6.45, 7) is 2.34. The van der Waals surface area contributed by atoms with Gasteiger partial charge in [0.1, 0.15) is 5.76 Å². The molecule has 5 atom stereocenters. The van der Waals surface area contributed by atoms with Crippen molar-refractivity contribution in [3.63, 3.8) is 0 Å². The monoisotopic (exact) mass is 334 g/mol. The maximum Gasteiger partial charge on any atom is 0.133 e. The summed E-state index contributed by atoms with van der Waals surface area (Å²) < 4.78 is 5.43. The Balaban J connectivity index is 1.67. The first-order chi connectivity index (χ1) is 11.0. The fourth-order valence-corrected chi connectivity index (χ4v) is 6.25. The molecule has 23 heavy (non-hydrogen) atoms. The molecule has 0 heterocycles. The van der Waals surface area contributed by atoms with Gasteiger partial charge in [-0.15, -0.1) is 0 Å². The number of aliphatic hydroxyl groups is 1. The van der Waals surface area contributed by atoms with Crippen LogP contribution in [0, 0.1) is 23.2 Å². The number of hydrogen-bond acceptors (Lipinski definition) is 2. The lowest BCUT2D eigenvalue weighted by molar-refractivity contribution is -0.0306. The maximum atomic E-state index is 10.5. The highest BCUT2D eigenvalue weighted by atomic mass is 35.5. The summed E-state index contributed by atoms with van der Waals surface area (Å²) in [6.07, 6.45) is 12.1. The Hall–Kier alpha value is -0.730. The van der Waals surface area contributed by atoms with Gasteiger partial charge in [-0.3, -0.25) is 0 Å². The average Bonchev–Trinajstić information content (AvgIpc) is 2.74. The van der Waals surface area contributed by atoms with Gasteiger partial charge in [0, 0.05) is 0 Å². The molecule has 0 bridgehead atoms. The molecule has 0 unspecified atom stereocenters. The molecule has 4 aliphatic rings. The van der Waals surface area contributed by atoms with Crippen LogP contribution in [0.3, 0.4) is 0 Å². The van der Waals surface area contributed by atoms with Gasteiger partial charge in [0.2, 0.25) is 0 Å². The lowest BCUT2D eigenvalue weighted by atomic mass is 9.55. The summed E-state index contributed by atoms with van der Waals surface area (Å²) >= 11 is 6.41. The van der Waals surface area contributed by atoms with E-state index in [9.17, 15) is 5.11 Å². The van der Waals surface area contributed by atoms with Crippen LogP contribution in [-0.4, -0.2) is 18.3 Å². The highest BCUT2D eigenvalue weighted by Gasteiger charge is 2.54. The van der Waals surface area contributed by atoms with Crippen LogP contribution in [0.5, 0.6) is 0 Å². The quantitative estimate of drug-likeness (QED) is 0.736. The van der Waals surface area contributed by atoms with Gasteiger partial charge in [0.15, 0.2) is 0 Å². The Kier molecular flexibility index (Phi) is 3.89. The number of hydrogen-bond donors (Lipinski definition) is 1. The topological polar surface area (TPSA) is 29.5 Å². The number of allylic oxidation sites excluding steroid dienone is 5. The Morgan fingerprint density at radius 3 is 2.87 bits per heavy atom. The zero-order chi connectivity index (χ0) is 16.2. The van der Waals surface area contributed by atoms with Crippen molar-refractivity contribution in [2.24, 2.45) is 23.2 Å². The molecular formula is C20H27ClO2. The SMILES string of the molecule is COC1=CCC2=C(C=C1Cl)CC[C@@H]1[C@@H]2CC[C@]2(C)[C@@H](O)CC[C@@H]12. The van der Waals surface area contributed by atoms with Gasteiger partial charge >= 0.3 is 0 Å². The van der Waals surface area contributed by atoms with E-state index in [1.54, 1.807) is 12.7 Å². The van der Waals surface area contributed by atoms with E-state index >= 15 is 0 Å². The molecule has 2 saturated carbocycles. The van der Waals surface area contributed by atoms with Crippen LogP contribution >= 0.6 is 11.6 Å². The van der Waals surface area contributed by atoms with Gasteiger partial charge in [-0.25, -0.2) is 0 Å². The minimum Gasteiger partial charge on any atom is -0.496 e. The van der Waals surface area contributed by atoms with Crippen molar-refractivity contribution in [1.29, 1.82) is 0 Å². The molecule has 0 aromatic carbocycles. The summed E-state index contributed by atoms with van der Waals surface area (Å²) in [7, 11) is 1.70. The molecule has 2 nitrogen and oxygen atoms in total. The predicted octanol–water partition coefficient (Wildman–Crippen LogP) is 4.94. The molecule has 0 aromatic heterocycles. The van der Waals surface area contributed by atoms with Crippen LogP contribution in [0.1, 0.15) is 51.9 Å². The fraction of sp³-hybridized carbons (Fsp3) is 0.700. The third-order valence-electron chi connectivity index (χ3n) is 7.26. The van der Waals surface area contributed by atoms with Crippen molar-refractivity contribution < 1.29 is 9.84 Å². The molecule has 4 aliphatic carbocycles. The Morgan fingerprint density at radius 1 is 1.26 bits per heavy atom. The molecule has 2 fully saturated rings. The molecule has 0 radical (unpaired) electrons. The van der Waals surface area contributed by atoms with Gasteiger partial charge in [-0.1, -0.05) is 24.1 Å². The number of fused-ring (bicyclic) bond motifs is 4. The van der Waals surface area contributed by atoms with Crippen LogP contribution in [0.15, 0.2) is 34.1 Å². The van der Waals surface area contributed by atoms with E-state index in [0.717, 1.165) is 42.4 Å².